The van der Waals surface area contributed by atoms with Crippen molar-refractivity contribution in [3.63, 3.8) is 0 Å². The predicted octanol–water partition coefficient (Wildman–Crippen LogP) is 5.90. The molecule has 0 amide bonds. The summed E-state index contributed by atoms with van der Waals surface area (Å²) in [5.74, 6) is 0. The summed E-state index contributed by atoms with van der Waals surface area (Å²) in [6.45, 7) is 0. The fourth-order valence-corrected chi connectivity index (χ4v) is 2.38. The highest BCUT2D eigenvalue weighted by molar-refractivity contribution is 5.74. The Hall–Kier alpha value is -3.37. The van der Waals surface area contributed by atoms with Gasteiger partial charge in [-0.3, -0.25) is 0 Å². The standard InChI is InChI=1S/C23H17N/c24-18-23-15-11-20(12-16-23)10-14-22-8-4-7-21(17-22)13-9-19-5-2-1-3-6-19/h1-17H/b13-9+,14-10+. The Morgan fingerprint density at radius 2 is 1.04 bits per heavy atom. The minimum Gasteiger partial charge on any atom is -0.192 e. The van der Waals surface area contributed by atoms with E-state index in [9.17, 15) is 0 Å². The van der Waals surface area contributed by atoms with Gasteiger partial charge in [0.1, 0.15) is 0 Å². The van der Waals surface area contributed by atoms with Gasteiger partial charge in [0, 0.05) is 0 Å². The van der Waals surface area contributed by atoms with E-state index < -0.39 is 0 Å². The average molecular weight is 307 g/mol. The van der Waals surface area contributed by atoms with Crippen LogP contribution in [0.1, 0.15) is 27.8 Å². The molecule has 0 spiro atoms. The van der Waals surface area contributed by atoms with Crippen molar-refractivity contribution in [2.24, 2.45) is 0 Å². The molecule has 0 unspecified atom stereocenters. The lowest BCUT2D eigenvalue weighted by atomic mass is 10.1. The SMILES string of the molecule is N#Cc1ccc(/C=C/c2cccc(/C=C/c3ccccc3)c2)cc1. The van der Waals surface area contributed by atoms with E-state index in [1.165, 1.54) is 11.1 Å². The van der Waals surface area contributed by atoms with Gasteiger partial charge >= 0.3 is 0 Å². The van der Waals surface area contributed by atoms with E-state index in [4.69, 9.17) is 5.26 Å². The summed E-state index contributed by atoms with van der Waals surface area (Å²) in [6.07, 6.45) is 8.38. The van der Waals surface area contributed by atoms with Crippen molar-refractivity contribution in [2.45, 2.75) is 0 Å². The summed E-state index contributed by atoms with van der Waals surface area (Å²) in [5, 5.41) is 8.83. The largest absolute Gasteiger partial charge is 0.192 e. The van der Waals surface area contributed by atoms with Crippen LogP contribution >= 0.6 is 0 Å². The van der Waals surface area contributed by atoms with Crippen LogP contribution in [0.15, 0.2) is 78.9 Å². The van der Waals surface area contributed by atoms with Crippen LogP contribution in [0.25, 0.3) is 24.3 Å². The van der Waals surface area contributed by atoms with Gasteiger partial charge in [0.2, 0.25) is 0 Å². The molecule has 3 aromatic carbocycles. The first-order valence-corrected chi connectivity index (χ1v) is 7.85. The van der Waals surface area contributed by atoms with Gasteiger partial charge < -0.3 is 0 Å². The first-order chi connectivity index (χ1) is 11.8. The lowest BCUT2D eigenvalue weighted by Crippen LogP contribution is -1.77. The average Bonchev–Trinajstić information content (AvgIpc) is 2.66. The van der Waals surface area contributed by atoms with Gasteiger partial charge in [-0.25, -0.2) is 0 Å². The molecule has 24 heavy (non-hydrogen) atoms. The van der Waals surface area contributed by atoms with Gasteiger partial charge in [0.15, 0.2) is 0 Å². The van der Waals surface area contributed by atoms with Crippen LogP contribution in [0.4, 0.5) is 0 Å². The third-order valence-electron chi connectivity index (χ3n) is 3.69. The molecule has 0 fully saturated rings. The first kappa shape index (κ1) is 15.5. The summed E-state index contributed by atoms with van der Waals surface area (Å²) in [7, 11) is 0. The van der Waals surface area contributed by atoms with Crippen molar-refractivity contribution in [2.75, 3.05) is 0 Å². The molecular weight excluding hydrogens is 290 g/mol. The Bertz CT molecular complexity index is 895. The summed E-state index contributed by atoms with van der Waals surface area (Å²) in [5.41, 5.74) is 5.27. The zero-order chi connectivity index (χ0) is 16.6. The van der Waals surface area contributed by atoms with Crippen LogP contribution in [0.5, 0.6) is 0 Å². The monoisotopic (exact) mass is 307 g/mol. The quantitative estimate of drug-likeness (QED) is 0.550. The second-order valence-electron chi connectivity index (χ2n) is 5.48. The molecule has 0 bridgehead atoms. The smallest absolute Gasteiger partial charge is 0.0991 e. The summed E-state index contributed by atoms with van der Waals surface area (Å²) < 4.78 is 0. The molecule has 0 heterocycles. The maximum Gasteiger partial charge on any atom is 0.0991 e. The fourth-order valence-electron chi connectivity index (χ4n) is 2.38. The Balaban J connectivity index is 1.74. The van der Waals surface area contributed by atoms with Crippen LogP contribution in [-0.2, 0) is 0 Å². The van der Waals surface area contributed by atoms with Gasteiger partial charge in [-0.05, 0) is 40.5 Å². The lowest BCUT2D eigenvalue weighted by molar-refractivity contribution is 1.48. The Labute approximate surface area is 142 Å². The maximum atomic E-state index is 8.83. The van der Waals surface area contributed by atoms with Crippen LogP contribution in [0, 0.1) is 11.3 Å². The number of hydrogen-bond donors (Lipinski definition) is 0. The fraction of sp³-hybridized carbons (Fsp3) is 0. The summed E-state index contributed by atoms with van der Waals surface area (Å²) >= 11 is 0. The molecule has 0 aliphatic rings. The second-order valence-corrected chi connectivity index (χ2v) is 5.48. The van der Waals surface area contributed by atoms with Crippen molar-refractivity contribution in [1.82, 2.24) is 0 Å². The third kappa shape index (κ3) is 4.32. The molecule has 3 rings (SSSR count). The van der Waals surface area contributed by atoms with Gasteiger partial charge in [-0.1, -0.05) is 85.0 Å². The first-order valence-electron chi connectivity index (χ1n) is 7.85. The van der Waals surface area contributed by atoms with Crippen molar-refractivity contribution in [3.8, 4) is 6.07 Å². The van der Waals surface area contributed by atoms with Gasteiger partial charge in [0.25, 0.3) is 0 Å². The molecule has 1 heteroatoms. The third-order valence-corrected chi connectivity index (χ3v) is 3.69. The van der Waals surface area contributed by atoms with Gasteiger partial charge in [0.05, 0.1) is 11.6 Å². The summed E-state index contributed by atoms with van der Waals surface area (Å²) in [4.78, 5) is 0. The molecule has 0 saturated carbocycles. The van der Waals surface area contributed by atoms with Crippen LogP contribution in [0.2, 0.25) is 0 Å². The summed E-state index contributed by atoms with van der Waals surface area (Å²) in [6, 6.07) is 28.4. The topological polar surface area (TPSA) is 23.8 Å². The van der Waals surface area contributed by atoms with Gasteiger partial charge in [-0.15, -0.1) is 0 Å². The van der Waals surface area contributed by atoms with Gasteiger partial charge in [-0.2, -0.15) is 5.26 Å². The van der Waals surface area contributed by atoms with E-state index in [0.29, 0.717) is 5.56 Å². The molecular formula is C23H17N. The van der Waals surface area contributed by atoms with E-state index in [2.05, 4.69) is 66.8 Å². The van der Waals surface area contributed by atoms with E-state index in [0.717, 1.165) is 11.1 Å². The van der Waals surface area contributed by atoms with Crippen molar-refractivity contribution >= 4 is 24.3 Å². The number of nitriles is 1. The van der Waals surface area contributed by atoms with E-state index in [1.54, 1.807) is 0 Å². The minimum atomic E-state index is 0.681. The zero-order valence-electron chi connectivity index (χ0n) is 13.3. The van der Waals surface area contributed by atoms with Crippen molar-refractivity contribution in [3.05, 3.63) is 107 Å². The molecule has 114 valence electrons. The van der Waals surface area contributed by atoms with E-state index in [1.807, 2.05) is 42.5 Å². The van der Waals surface area contributed by atoms with Crippen LogP contribution in [0.3, 0.4) is 0 Å². The molecule has 0 aromatic heterocycles. The van der Waals surface area contributed by atoms with Crippen molar-refractivity contribution < 1.29 is 0 Å². The molecule has 0 N–H and O–H groups in total. The highest BCUT2D eigenvalue weighted by atomic mass is 14.2. The molecule has 0 aliphatic carbocycles. The molecule has 1 nitrogen and oxygen atoms in total. The van der Waals surface area contributed by atoms with Crippen LogP contribution in [-0.4, -0.2) is 0 Å². The molecule has 0 radical (unpaired) electrons. The normalized spacial score (nSPS) is 11.0. The maximum absolute atomic E-state index is 8.83. The van der Waals surface area contributed by atoms with E-state index in [-0.39, 0.29) is 0 Å². The highest BCUT2D eigenvalue weighted by Crippen LogP contribution is 2.13. The predicted molar refractivity (Wildman–Crippen MR) is 102 cm³/mol. The Morgan fingerprint density at radius 1 is 0.542 bits per heavy atom. The highest BCUT2D eigenvalue weighted by Gasteiger charge is 1.92. The number of benzene rings is 3. The zero-order valence-corrected chi connectivity index (χ0v) is 13.3. The number of hydrogen-bond acceptors (Lipinski definition) is 1. The molecule has 3 aromatic rings. The van der Waals surface area contributed by atoms with E-state index >= 15 is 0 Å². The molecule has 0 atom stereocenters. The molecule has 0 aliphatic heterocycles. The lowest BCUT2D eigenvalue weighted by Gasteiger charge is -1.98. The molecule has 0 saturated heterocycles. The number of rotatable bonds is 4. The second kappa shape index (κ2) is 7.76. The number of nitrogens with zero attached hydrogens (tertiary/aromatic N) is 1. The minimum absolute atomic E-state index is 0.681. The van der Waals surface area contributed by atoms with Crippen LogP contribution < -0.4 is 0 Å². The Kier molecular flexibility index (Phi) is 5.02. The Morgan fingerprint density at radius 3 is 1.62 bits per heavy atom. The van der Waals surface area contributed by atoms with Crippen molar-refractivity contribution in [1.29, 1.82) is 5.26 Å².